The van der Waals surface area contributed by atoms with Crippen molar-refractivity contribution in [1.82, 2.24) is 9.58 Å². The van der Waals surface area contributed by atoms with Gasteiger partial charge in [0.2, 0.25) is 0 Å². The molecule has 80 valence electrons. The van der Waals surface area contributed by atoms with E-state index in [1.54, 1.807) is 0 Å². The SMILES string of the molecule is N[N+]12CCC(C1)c1nc3ccccc3cc12. The number of para-hydroxylation sites is 1. The van der Waals surface area contributed by atoms with Crippen LogP contribution in [0.4, 0.5) is 5.69 Å². The topological polar surface area (TPSA) is 38.9 Å². The van der Waals surface area contributed by atoms with Gasteiger partial charge in [0.05, 0.1) is 11.4 Å². The molecule has 0 saturated carbocycles. The van der Waals surface area contributed by atoms with Gasteiger partial charge in [0.25, 0.3) is 0 Å². The summed E-state index contributed by atoms with van der Waals surface area (Å²) in [6.07, 6.45) is 1.19. The molecule has 2 atom stereocenters. The fourth-order valence-electron chi connectivity index (χ4n) is 3.18. The van der Waals surface area contributed by atoms with Crippen LogP contribution >= 0.6 is 0 Å². The number of hydrogen-bond acceptors (Lipinski definition) is 2. The smallest absolute Gasteiger partial charge is 0.174 e. The van der Waals surface area contributed by atoms with Gasteiger partial charge in [0.15, 0.2) is 5.69 Å². The predicted octanol–water partition coefficient (Wildman–Crippen LogP) is 1.92. The lowest BCUT2D eigenvalue weighted by molar-refractivity contribution is 0.357. The van der Waals surface area contributed by atoms with E-state index in [0.29, 0.717) is 10.5 Å². The molecule has 1 fully saturated rings. The monoisotopic (exact) mass is 212 g/mol. The summed E-state index contributed by atoms with van der Waals surface area (Å²) in [5.74, 6) is 6.99. The number of benzene rings is 1. The van der Waals surface area contributed by atoms with Crippen LogP contribution in [0.3, 0.4) is 0 Å². The Morgan fingerprint density at radius 2 is 2.19 bits per heavy atom. The van der Waals surface area contributed by atoms with E-state index in [4.69, 9.17) is 10.8 Å². The molecule has 1 saturated heterocycles. The van der Waals surface area contributed by atoms with Crippen molar-refractivity contribution in [3.05, 3.63) is 36.0 Å². The van der Waals surface area contributed by atoms with E-state index in [1.165, 1.54) is 23.2 Å². The molecule has 0 aliphatic carbocycles. The summed E-state index contributed by atoms with van der Waals surface area (Å²) < 4.78 is 0.609. The van der Waals surface area contributed by atoms with E-state index < -0.39 is 0 Å². The average molecular weight is 212 g/mol. The predicted molar refractivity (Wildman–Crippen MR) is 64.8 cm³/mol. The van der Waals surface area contributed by atoms with Gasteiger partial charge in [-0.3, -0.25) is 0 Å². The molecule has 16 heavy (non-hydrogen) atoms. The van der Waals surface area contributed by atoms with Crippen LogP contribution in [0.5, 0.6) is 0 Å². The number of fused-ring (bicyclic) bond motifs is 6. The maximum atomic E-state index is 6.40. The number of pyridine rings is 1. The first-order valence-corrected chi connectivity index (χ1v) is 5.82. The Bertz CT molecular complexity index is 593. The van der Waals surface area contributed by atoms with Crippen LogP contribution in [0.1, 0.15) is 18.0 Å². The van der Waals surface area contributed by atoms with Gasteiger partial charge in [-0.2, -0.15) is 5.84 Å². The number of nitrogens with zero attached hydrogens (tertiary/aromatic N) is 2. The van der Waals surface area contributed by atoms with Gasteiger partial charge in [-0.15, -0.1) is 0 Å². The zero-order chi connectivity index (χ0) is 10.8. The Labute approximate surface area is 94.1 Å². The Balaban J connectivity index is 2.08. The van der Waals surface area contributed by atoms with Gasteiger partial charge in [-0.1, -0.05) is 18.2 Å². The lowest BCUT2D eigenvalue weighted by atomic mass is 10.0. The average Bonchev–Trinajstić information content (AvgIpc) is 2.81. The fourth-order valence-corrected chi connectivity index (χ4v) is 3.18. The first kappa shape index (κ1) is 8.67. The van der Waals surface area contributed by atoms with Gasteiger partial charge < -0.3 is 0 Å². The molecule has 2 aliphatic heterocycles. The van der Waals surface area contributed by atoms with Crippen molar-refractivity contribution in [1.29, 1.82) is 0 Å². The van der Waals surface area contributed by atoms with Gasteiger partial charge >= 0.3 is 0 Å². The lowest BCUT2D eigenvalue weighted by Crippen LogP contribution is -2.52. The molecule has 0 radical (unpaired) electrons. The minimum absolute atomic E-state index is 0.588. The minimum Gasteiger partial charge on any atom is -0.246 e. The molecule has 3 nitrogen and oxygen atoms in total. The van der Waals surface area contributed by atoms with Crippen LogP contribution in [-0.4, -0.2) is 18.1 Å². The molecular weight excluding hydrogens is 198 g/mol. The van der Waals surface area contributed by atoms with E-state index in [2.05, 4.69) is 24.3 Å². The summed E-state index contributed by atoms with van der Waals surface area (Å²) in [5.41, 5.74) is 3.59. The van der Waals surface area contributed by atoms with Crippen molar-refractivity contribution < 1.29 is 0 Å². The van der Waals surface area contributed by atoms with Gasteiger partial charge in [-0.25, -0.2) is 9.58 Å². The van der Waals surface area contributed by atoms with Crippen LogP contribution in [0, 0.1) is 0 Å². The summed E-state index contributed by atoms with van der Waals surface area (Å²) >= 11 is 0. The molecule has 2 N–H and O–H groups in total. The van der Waals surface area contributed by atoms with Gasteiger partial charge in [-0.05, 0) is 6.07 Å². The van der Waals surface area contributed by atoms with Crippen molar-refractivity contribution in [3.63, 3.8) is 0 Å². The zero-order valence-corrected chi connectivity index (χ0v) is 9.06. The fraction of sp³-hybridized carbons (Fsp3) is 0.308. The number of rotatable bonds is 0. The first-order chi connectivity index (χ1) is 7.76. The third kappa shape index (κ3) is 0.925. The second-order valence-electron chi connectivity index (χ2n) is 5.01. The summed E-state index contributed by atoms with van der Waals surface area (Å²) in [7, 11) is 0. The highest BCUT2D eigenvalue weighted by Gasteiger charge is 2.49. The molecular formula is C13H14N3+. The highest BCUT2D eigenvalue weighted by atomic mass is 15.6. The minimum atomic E-state index is 0.588. The quantitative estimate of drug-likeness (QED) is 0.535. The van der Waals surface area contributed by atoms with Crippen molar-refractivity contribution in [2.45, 2.75) is 12.3 Å². The van der Waals surface area contributed by atoms with Crippen molar-refractivity contribution in [2.75, 3.05) is 13.1 Å². The largest absolute Gasteiger partial charge is 0.246 e. The molecule has 4 rings (SSSR count). The summed E-state index contributed by atoms with van der Waals surface area (Å²) in [6, 6.07) is 10.5. The summed E-state index contributed by atoms with van der Waals surface area (Å²) in [4.78, 5) is 4.79. The number of aromatic nitrogens is 1. The normalized spacial score (nSPS) is 30.9. The Hall–Kier alpha value is -1.45. The van der Waals surface area contributed by atoms with Gasteiger partial charge in [0, 0.05) is 17.9 Å². The standard InChI is InChI=1S/C13H14N3/c14-16-6-5-10(8-16)13-12(16)7-9-3-1-2-4-11(9)15-13/h1-4,7,10H,5-6,8,14H2/q+1. The molecule has 2 unspecified atom stereocenters. The molecule has 1 aromatic carbocycles. The van der Waals surface area contributed by atoms with Crippen LogP contribution in [0.25, 0.3) is 10.9 Å². The van der Waals surface area contributed by atoms with Gasteiger partial charge in [0.1, 0.15) is 18.8 Å². The molecule has 1 aromatic heterocycles. The maximum absolute atomic E-state index is 6.40. The van der Waals surface area contributed by atoms with Crippen LogP contribution in [-0.2, 0) is 0 Å². The highest BCUT2D eigenvalue weighted by molar-refractivity contribution is 5.83. The second-order valence-corrected chi connectivity index (χ2v) is 5.01. The molecule has 3 heteroatoms. The molecule has 2 aliphatic rings. The zero-order valence-electron chi connectivity index (χ0n) is 9.06. The number of nitrogens with two attached hydrogens (primary N) is 1. The van der Waals surface area contributed by atoms with Crippen LogP contribution < -0.4 is 10.4 Å². The summed E-state index contributed by atoms with van der Waals surface area (Å²) in [6.45, 7) is 2.11. The van der Waals surface area contributed by atoms with Crippen molar-refractivity contribution in [2.24, 2.45) is 5.84 Å². The molecule has 2 bridgehead atoms. The van der Waals surface area contributed by atoms with E-state index in [1.807, 2.05) is 6.07 Å². The van der Waals surface area contributed by atoms with Crippen molar-refractivity contribution >= 4 is 16.6 Å². The number of hydrogen-bond donors (Lipinski definition) is 1. The molecule has 2 aromatic rings. The van der Waals surface area contributed by atoms with E-state index in [-0.39, 0.29) is 0 Å². The third-order valence-corrected chi connectivity index (χ3v) is 4.02. The molecule has 0 spiro atoms. The van der Waals surface area contributed by atoms with Crippen molar-refractivity contribution in [3.8, 4) is 0 Å². The first-order valence-electron chi connectivity index (χ1n) is 5.82. The third-order valence-electron chi connectivity index (χ3n) is 4.02. The Morgan fingerprint density at radius 1 is 1.31 bits per heavy atom. The second kappa shape index (κ2) is 2.62. The van der Waals surface area contributed by atoms with E-state index in [0.717, 1.165) is 18.6 Å². The maximum Gasteiger partial charge on any atom is 0.174 e. The molecule has 3 heterocycles. The lowest BCUT2D eigenvalue weighted by Gasteiger charge is -2.25. The summed E-state index contributed by atoms with van der Waals surface area (Å²) in [5, 5.41) is 1.21. The van der Waals surface area contributed by atoms with E-state index >= 15 is 0 Å². The molecule has 0 amide bonds. The van der Waals surface area contributed by atoms with Crippen LogP contribution in [0.2, 0.25) is 0 Å². The Kier molecular flexibility index (Phi) is 1.42. The highest BCUT2D eigenvalue weighted by Crippen LogP contribution is 2.46. The number of quaternary nitrogens is 1. The van der Waals surface area contributed by atoms with Crippen LogP contribution in [0.15, 0.2) is 30.3 Å². The Morgan fingerprint density at radius 3 is 3.12 bits per heavy atom. The van der Waals surface area contributed by atoms with E-state index in [9.17, 15) is 0 Å².